The van der Waals surface area contributed by atoms with E-state index in [1.54, 1.807) is 36.4 Å². The Morgan fingerprint density at radius 3 is 2.39 bits per heavy atom. The first-order valence-electron chi connectivity index (χ1n) is 5.55. The van der Waals surface area contributed by atoms with Crippen molar-refractivity contribution in [2.24, 2.45) is 0 Å². The largest absolute Gasteiger partial charge is 0.455 e. The molecule has 18 heavy (non-hydrogen) atoms. The van der Waals surface area contributed by atoms with Crippen LogP contribution in [0.2, 0.25) is 0 Å². The van der Waals surface area contributed by atoms with Gasteiger partial charge in [0.05, 0.1) is 5.69 Å². The van der Waals surface area contributed by atoms with E-state index in [4.69, 9.17) is 10.5 Å². The third kappa shape index (κ3) is 3.01. The second-order valence-corrected chi connectivity index (χ2v) is 3.85. The van der Waals surface area contributed by atoms with Crippen LogP contribution in [0.15, 0.2) is 48.5 Å². The minimum Gasteiger partial charge on any atom is -0.455 e. The predicted molar refractivity (Wildman–Crippen MR) is 71.7 cm³/mol. The van der Waals surface area contributed by atoms with Gasteiger partial charge in [0.25, 0.3) is 0 Å². The number of para-hydroxylation sites is 2. The molecule has 2 aromatic carbocycles. The highest BCUT2D eigenvalue weighted by Gasteiger charge is 2.01. The van der Waals surface area contributed by atoms with Gasteiger partial charge in [-0.1, -0.05) is 12.1 Å². The zero-order valence-electron chi connectivity index (χ0n) is 10.0. The number of nitrogen functional groups attached to an aromatic ring is 1. The Kier molecular flexibility index (Phi) is 3.48. The van der Waals surface area contributed by atoms with Crippen LogP contribution in [0.4, 0.5) is 11.4 Å². The van der Waals surface area contributed by atoms with Crippen molar-refractivity contribution in [3.05, 3.63) is 48.5 Å². The van der Waals surface area contributed by atoms with Gasteiger partial charge in [-0.2, -0.15) is 0 Å². The monoisotopic (exact) mass is 242 g/mol. The predicted octanol–water partition coefficient (Wildman–Crippen LogP) is 3.02. The lowest BCUT2D eigenvalue weighted by Gasteiger charge is -2.08. The molecule has 0 bridgehead atoms. The van der Waals surface area contributed by atoms with Crippen LogP contribution < -0.4 is 15.8 Å². The number of rotatable bonds is 3. The van der Waals surface area contributed by atoms with Crippen LogP contribution in [0.3, 0.4) is 0 Å². The Morgan fingerprint density at radius 2 is 1.78 bits per heavy atom. The van der Waals surface area contributed by atoms with Gasteiger partial charge in [0.1, 0.15) is 11.5 Å². The smallest absolute Gasteiger partial charge is 0.221 e. The standard InChI is InChI=1S/C14H14N2O2/c1-10(17)16-11-6-8-12(9-7-11)18-14-5-3-2-4-13(14)15/h2-9H,15H2,1H3,(H,16,17). The second-order valence-electron chi connectivity index (χ2n) is 3.85. The SMILES string of the molecule is CC(=O)Nc1ccc(Oc2ccccc2N)cc1. The third-order valence-corrected chi connectivity index (χ3v) is 2.32. The average Bonchev–Trinajstić information content (AvgIpc) is 2.34. The molecular weight excluding hydrogens is 228 g/mol. The van der Waals surface area contributed by atoms with E-state index in [2.05, 4.69) is 5.32 Å². The molecule has 0 fully saturated rings. The highest BCUT2D eigenvalue weighted by molar-refractivity contribution is 5.88. The van der Waals surface area contributed by atoms with Gasteiger partial charge in [-0.25, -0.2) is 0 Å². The summed E-state index contributed by atoms with van der Waals surface area (Å²) in [5, 5.41) is 2.69. The van der Waals surface area contributed by atoms with Crippen LogP contribution in [0.25, 0.3) is 0 Å². The maximum atomic E-state index is 10.9. The summed E-state index contributed by atoms with van der Waals surface area (Å²) in [4.78, 5) is 10.9. The highest BCUT2D eigenvalue weighted by atomic mass is 16.5. The Morgan fingerprint density at radius 1 is 1.11 bits per heavy atom. The van der Waals surface area contributed by atoms with Gasteiger partial charge in [-0.3, -0.25) is 4.79 Å². The molecule has 0 aliphatic heterocycles. The van der Waals surface area contributed by atoms with Crippen molar-refractivity contribution in [2.75, 3.05) is 11.1 Å². The van der Waals surface area contributed by atoms with Gasteiger partial charge >= 0.3 is 0 Å². The Labute approximate surface area is 105 Å². The van der Waals surface area contributed by atoms with Gasteiger partial charge < -0.3 is 15.8 Å². The van der Waals surface area contributed by atoms with Crippen LogP contribution in [-0.2, 0) is 4.79 Å². The van der Waals surface area contributed by atoms with Crippen LogP contribution in [-0.4, -0.2) is 5.91 Å². The molecule has 1 amide bonds. The molecular formula is C14H14N2O2. The number of ether oxygens (including phenoxy) is 1. The molecule has 0 unspecified atom stereocenters. The van der Waals surface area contributed by atoms with Gasteiger partial charge in [0.15, 0.2) is 0 Å². The number of hydrogen-bond acceptors (Lipinski definition) is 3. The summed E-state index contributed by atoms with van der Waals surface area (Å²) in [6.45, 7) is 1.47. The van der Waals surface area contributed by atoms with E-state index in [0.717, 1.165) is 5.69 Å². The molecule has 0 spiro atoms. The molecule has 3 N–H and O–H groups in total. The summed E-state index contributed by atoms with van der Waals surface area (Å²) in [5.74, 6) is 1.18. The van der Waals surface area contributed by atoms with Crippen molar-refractivity contribution >= 4 is 17.3 Å². The normalized spacial score (nSPS) is 9.83. The molecule has 0 aliphatic carbocycles. The van der Waals surface area contributed by atoms with Crippen LogP contribution in [0.5, 0.6) is 11.5 Å². The zero-order chi connectivity index (χ0) is 13.0. The van der Waals surface area contributed by atoms with Crippen LogP contribution >= 0.6 is 0 Å². The Bertz CT molecular complexity index is 550. The number of benzene rings is 2. The maximum absolute atomic E-state index is 10.9. The summed E-state index contributed by atoms with van der Waals surface area (Å²) in [5.41, 5.74) is 7.10. The summed E-state index contributed by atoms with van der Waals surface area (Å²) in [7, 11) is 0. The molecule has 4 heteroatoms. The van der Waals surface area contributed by atoms with E-state index in [-0.39, 0.29) is 5.91 Å². The summed E-state index contributed by atoms with van der Waals surface area (Å²) >= 11 is 0. The number of carbonyl (C=O) groups excluding carboxylic acids is 1. The fourth-order valence-corrected chi connectivity index (χ4v) is 1.51. The summed E-state index contributed by atoms with van der Waals surface area (Å²) in [6.07, 6.45) is 0. The van der Waals surface area contributed by atoms with E-state index in [0.29, 0.717) is 17.2 Å². The summed E-state index contributed by atoms with van der Waals surface area (Å²) in [6, 6.07) is 14.4. The number of hydrogen-bond donors (Lipinski definition) is 2. The van der Waals surface area contributed by atoms with Crippen LogP contribution in [0.1, 0.15) is 6.92 Å². The van der Waals surface area contributed by atoms with E-state index in [1.807, 2.05) is 12.1 Å². The molecule has 0 saturated heterocycles. The first-order chi connectivity index (χ1) is 8.65. The van der Waals surface area contributed by atoms with Crippen molar-refractivity contribution in [2.45, 2.75) is 6.92 Å². The lowest BCUT2D eigenvalue weighted by atomic mass is 10.3. The number of nitrogens with two attached hydrogens (primary N) is 1. The van der Waals surface area contributed by atoms with E-state index < -0.39 is 0 Å². The molecule has 2 aromatic rings. The molecule has 0 heterocycles. The zero-order valence-corrected chi connectivity index (χ0v) is 10.0. The van der Waals surface area contributed by atoms with Crippen molar-refractivity contribution in [1.82, 2.24) is 0 Å². The average molecular weight is 242 g/mol. The second kappa shape index (κ2) is 5.23. The van der Waals surface area contributed by atoms with Crippen molar-refractivity contribution in [3.8, 4) is 11.5 Å². The van der Waals surface area contributed by atoms with E-state index >= 15 is 0 Å². The van der Waals surface area contributed by atoms with Gasteiger partial charge in [0, 0.05) is 12.6 Å². The van der Waals surface area contributed by atoms with Gasteiger partial charge in [-0.05, 0) is 36.4 Å². The quantitative estimate of drug-likeness (QED) is 0.813. The number of amides is 1. The van der Waals surface area contributed by atoms with Crippen molar-refractivity contribution in [3.63, 3.8) is 0 Å². The van der Waals surface area contributed by atoms with Gasteiger partial charge in [0.2, 0.25) is 5.91 Å². The van der Waals surface area contributed by atoms with E-state index in [9.17, 15) is 4.79 Å². The molecule has 2 rings (SSSR count). The Balaban J connectivity index is 2.11. The Hall–Kier alpha value is -2.49. The molecule has 0 radical (unpaired) electrons. The molecule has 92 valence electrons. The minimum absolute atomic E-state index is 0.101. The number of carbonyl (C=O) groups is 1. The molecule has 0 aromatic heterocycles. The van der Waals surface area contributed by atoms with Crippen molar-refractivity contribution in [1.29, 1.82) is 0 Å². The van der Waals surface area contributed by atoms with Gasteiger partial charge in [-0.15, -0.1) is 0 Å². The van der Waals surface area contributed by atoms with Crippen molar-refractivity contribution < 1.29 is 9.53 Å². The number of anilines is 2. The molecule has 0 atom stereocenters. The molecule has 0 aliphatic rings. The van der Waals surface area contributed by atoms with E-state index in [1.165, 1.54) is 6.92 Å². The topological polar surface area (TPSA) is 64.3 Å². The highest BCUT2D eigenvalue weighted by Crippen LogP contribution is 2.27. The lowest BCUT2D eigenvalue weighted by Crippen LogP contribution is -2.05. The maximum Gasteiger partial charge on any atom is 0.221 e. The lowest BCUT2D eigenvalue weighted by molar-refractivity contribution is -0.114. The fourth-order valence-electron chi connectivity index (χ4n) is 1.51. The first-order valence-corrected chi connectivity index (χ1v) is 5.55. The van der Waals surface area contributed by atoms with Crippen LogP contribution in [0, 0.1) is 0 Å². The summed E-state index contributed by atoms with van der Waals surface area (Å²) < 4.78 is 5.63. The minimum atomic E-state index is -0.101. The molecule has 4 nitrogen and oxygen atoms in total. The first kappa shape index (κ1) is 12.0. The number of nitrogens with one attached hydrogen (secondary N) is 1. The fraction of sp³-hybridized carbons (Fsp3) is 0.0714. The molecule has 0 saturated carbocycles. The third-order valence-electron chi connectivity index (χ3n) is 2.32.